The summed E-state index contributed by atoms with van der Waals surface area (Å²) in [6, 6.07) is 0. The van der Waals surface area contributed by atoms with Crippen LogP contribution in [0.1, 0.15) is 51.9 Å². The average molecular weight is 260 g/mol. The van der Waals surface area contributed by atoms with E-state index in [0.29, 0.717) is 12.2 Å². The van der Waals surface area contributed by atoms with E-state index in [1.165, 1.54) is 38.2 Å². The normalized spacial score (nSPS) is 21.6. The SMILES string of the molecule is C=C[C@@H](O)C#CC#CC[C@@H]1O[C@H]1CCCCCCC. The lowest BCUT2D eigenvalue weighted by atomic mass is 10.1. The van der Waals surface area contributed by atoms with E-state index in [2.05, 4.69) is 37.2 Å². The van der Waals surface area contributed by atoms with Crippen LogP contribution in [0.5, 0.6) is 0 Å². The van der Waals surface area contributed by atoms with Gasteiger partial charge in [0.1, 0.15) is 6.10 Å². The maximum Gasteiger partial charge on any atom is 0.134 e. The van der Waals surface area contributed by atoms with E-state index < -0.39 is 6.10 Å². The molecule has 3 atom stereocenters. The van der Waals surface area contributed by atoms with Gasteiger partial charge in [0.2, 0.25) is 0 Å². The monoisotopic (exact) mass is 260 g/mol. The van der Waals surface area contributed by atoms with Gasteiger partial charge in [0, 0.05) is 6.42 Å². The predicted octanol–water partition coefficient (Wildman–Crippen LogP) is 3.06. The molecule has 2 nitrogen and oxygen atoms in total. The molecule has 0 aliphatic carbocycles. The van der Waals surface area contributed by atoms with Crippen molar-refractivity contribution in [3.05, 3.63) is 12.7 Å². The lowest BCUT2D eigenvalue weighted by molar-refractivity contribution is 0.281. The van der Waals surface area contributed by atoms with Gasteiger partial charge >= 0.3 is 0 Å². The van der Waals surface area contributed by atoms with Crippen molar-refractivity contribution in [3.63, 3.8) is 0 Å². The molecule has 0 aromatic rings. The summed E-state index contributed by atoms with van der Waals surface area (Å²) in [6.07, 6.45) is 9.80. The topological polar surface area (TPSA) is 32.8 Å². The number of hydrogen-bond donors (Lipinski definition) is 1. The highest BCUT2D eigenvalue weighted by Crippen LogP contribution is 2.29. The Labute approximate surface area is 117 Å². The molecular weight excluding hydrogens is 236 g/mol. The van der Waals surface area contributed by atoms with Crippen LogP contribution in [0.2, 0.25) is 0 Å². The molecule has 1 aliphatic rings. The summed E-state index contributed by atoms with van der Waals surface area (Å²) in [5, 5.41) is 9.10. The highest BCUT2D eigenvalue weighted by Gasteiger charge is 2.36. The van der Waals surface area contributed by atoms with Gasteiger partial charge in [0.25, 0.3) is 0 Å². The van der Waals surface area contributed by atoms with Gasteiger partial charge in [-0.1, -0.05) is 63.5 Å². The molecule has 1 aliphatic heterocycles. The minimum absolute atomic E-state index is 0.310. The highest BCUT2D eigenvalue weighted by molar-refractivity contribution is 5.29. The lowest BCUT2D eigenvalue weighted by Crippen LogP contribution is -1.94. The summed E-state index contributed by atoms with van der Waals surface area (Å²) >= 11 is 0. The Hall–Kier alpha value is -1.22. The minimum atomic E-state index is -0.776. The third-order valence-electron chi connectivity index (χ3n) is 3.18. The highest BCUT2D eigenvalue weighted by atomic mass is 16.6. The molecule has 1 saturated heterocycles. The van der Waals surface area contributed by atoms with Crippen LogP contribution in [0.3, 0.4) is 0 Å². The first-order valence-electron chi connectivity index (χ1n) is 7.22. The number of ether oxygens (including phenoxy) is 1. The zero-order chi connectivity index (χ0) is 13.9. The van der Waals surface area contributed by atoms with E-state index in [4.69, 9.17) is 9.84 Å². The second-order valence-corrected chi connectivity index (χ2v) is 4.87. The molecule has 19 heavy (non-hydrogen) atoms. The van der Waals surface area contributed by atoms with E-state index in [9.17, 15) is 0 Å². The molecule has 0 unspecified atom stereocenters. The standard InChI is InChI=1S/C17H24O2/c1-3-5-6-7-10-13-16-17(19-16)14-11-8-9-12-15(18)4-2/h4,15-18H,2-3,5-7,10,13-14H2,1H3/t15-,16+,17+/m1/s1. The Bertz CT molecular complexity index is 378. The fraction of sp³-hybridized carbons (Fsp3) is 0.647. The summed E-state index contributed by atoms with van der Waals surface area (Å²) in [5.74, 6) is 10.9. The number of aliphatic hydroxyl groups excluding tert-OH is 1. The van der Waals surface area contributed by atoms with Gasteiger partial charge in [-0.25, -0.2) is 0 Å². The molecule has 0 spiro atoms. The van der Waals surface area contributed by atoms with Crippen LogP contribution >= 0.6 is 0 Å². The molecule has 2 heteroatoms. The number of aliphatic hydroxyl groups is 1. The average Bonchev–Trinajstić information content (AvgIpc) is 3.16. The Morgan fingerprint density at radius 2 is 2.00 bits per heavy atom. The largest absolute Gasteiger partial charge is 0.377 e. The van der Waals surface area contributed by atoms with E-state index in [1.807, 2.05) is 0 Å². The third-order valence-corrected chi connectivity index (χ3v) is 3.18. The van der Waals surface area contributed by atoms with Crippen LogP contribution in [0, 0.1) is 23.7 Å². The van der Waals surface area contributed by atoms with Crippen molar-refractivity contribution in [2.75, 3.05) is 0 Å². The maximum absolute atomic E-state index is 9.10. The maximum atomic E-state index is 9.10. The van der Waals surface area contributed by atoms with Gasteiger partial charge in [-0.2, -0.15) is 0 Å². The first kappa shape index (κ1) is 15.8. The third kappa shape index (κ3) is 7.73. The summed E-state index contributed by atoms with van der Waals surface area (Å²) < 4.78 is 5.56. The smallest absolute Gasteiger partial charge is 0.134 e. The van der Waals surface area contributed by atoms with Crippen molar-refractivity contribution in [1.82, 2.24) is 0 Å². The van der Waals surface area contributed by atoms with Gasteiger partial charge in [0.15, 0.2) is 0 Å². The molecule has 104 valence electrons. The molecule has 1 fully saturated rings. The molecule has 0 bridgehead atoms. The molecule has 1 rings (SSSR count). The van der Waals surface area contributed by atoms with Crippen LogP contribution in [-0.4, -0.2) is 23.4 Å². The zero-order valence-electron chi connectivity index (χ0n) is 11.8. The van der Waals surface area contributed by atoms with Crippen LogP contribution in [-0.2, 0) is 4.74 Å². The number of unbranched alkanes of at least 4 members (excludes halogenated alkanes) is 4. The zero-order valence-corrected chi connectivity index (χ0v) is 11.8. The first-order valence-corrected chi connectivity index (χ1v) is 7.22. The molecule has 0 radical (unpaired) electrons. The Morgan fingerprint density at radius 3 is 2.74 bits per heavy atom. The first-order chi connectivity index (χ1) is 9.27. The summed E-state index contributed by atoms with van der Waals surface area (Å²) in [4.78, 5) is 0. The molecule has 1 heterocycles. The molecule has 1 N–H and O–H groups in total. The van der Waals surface area contributed by atoms with E-state index >= 15 is 0 Å². The lowest BCUT2D eigenvalue weighted by Gasteiger charge is -1.96. The Balaban J connectivity index is 2.03. The minimum Gasteiger partial charge on any atom is -0.377 e. The van der Waals surface area contributed by atoms with Crippen molar-refractivity contribution < 1.29 is 9.84 Å². The fourth-order valence-electron chi connectivity index (χ4n) is 1.93. The van der Waals surface area contributed by atoms with Crippen LogP contribution in [0.4, 0.5) is 0 Å². The van der Waals surface area contributed by atoms with Gasteiger partial charge in [0.05, 0.1) is 12.2 Å². The van der Waals surface area contributed by atoms with Crippen molar-refractivity contribution in [3.8, 4) is 23.7 Å². The number of rotatable bonds is 8. The van der Waals surface area contributed by atoms with E-state index in [1.54, 1.807) is 0 Å². The number of hydrogen-bond acceptors (Lipinski definition) is 2. The van der Waals surface area contributed by atoms with Crippen LogP contribution in [0.25, 0.3) is 0 Å². The van der Waals surface area contributed by atoms with Crippen LogP contribution in [0.15, 0.2) is 12.7 Å². The molecule has 0 saturated carbocycles. The second-order valence-electron chi connectivity index (χ2n) is 4.87. The van der Waals surface area contributed by atoms with E-state index in [0.717, 1.165) is 12.8 Å². The van der Waals surface area contributed by atoms with Gasteiger partial charge in [-0.3, -0.25) is 0 Å². The quantitative estimate of drug-likeness (QED) is 0.315. The van der Waals surface area contributed by atoms with Crippen molar-refractivity contribution in [2.24, 2.45) is 0 Å². The van der Waals surface area contributed by atoms with Crippen molar-refractivity contribution >= 4 is 0 Å². The second kappa shape index (κ2) is 9.68. The molecular formula is C17H24O2. The van der Waals surface area contributed by atoms with Crippen molar-refractivity contribution in [1.29, 1.82) is 0 Å². The molecule has 0 aromatic heterocycles. The fourth-order valence-corrected chi connectivity index (χ4v) is 1.93. The summed E-state index contributed by atoms with van der Waals surface area (Å²) in [6.45, 7) is 5.67. The predicted molar refractivity (Wildman–Crippen MR) is 78.4 cm³/mol. The van der Waals surface area contributed by atoms with Gasteiger partial charge in [-0.15, -0.1) is 0 Å². The van der Waals surface area contributed by atoms with E-state index in [-0.39, 0.29) is 0 Å². The van der Waals surface area contributed by atoms with Crippen molar-refractivity contribution in [2.45, 2.75) is 70.2 Å². The molecule has 0 amide bonds. The van der Waals surface area contributed by atoms with Gasteiger partial charge < -0.3 is 9.84 Å². The van der Waals surface area contributed by atoms with Crippen LogP contribution < -0.4 is 0 Å². The molecule has 0 aromatic carbocycles. The Morgan fingerprint density at radius 1 is 1.21 bits per heavy atom. The summed E-state index contributed by atoms with van der Waals surface area (Å²) in [7, 11) is 0. The summed E-state index contributed by atoms with van der Waals surface area (Å²) in [5.41, 5.74) is 0. The Kier molecular flexibility index (Phi) is 8.07. The van der Waals surface area contributed by atoms with Gasteiger partial charge in [-0.05, 0) is 18.3 Å². The number of epoxide rings is 1.